The second-order valence-corrected chi connectivity index (χ2v) is 8.11. The minimum atomic E-state index is -1.48. The zero-order chi connectivity index (χ0) is 20.6. The molecule has 1 atom stereocenters. The Morgan fingerprint density at radius 2 is 1.59 bits per heavy atom. The Bertz CT molecular complexity index is 1110. The topological polar surface area (TPSA) is 44.8 Å². The van der Waals surface area contributed by atoms with Gasteiger partial charge in [-0.15, -0.1) is 0 Å². The van der Waals surface area contributed by atoms with Gasteiger partial charge in [0.05, 0.1) is 12.7 Å². The summed E-state index contributed by atoms with van der Waals surface area (Å²) in [6, 6.07) is 19.4. The fourth-order valence-electron chi connectivity index (χ4n) is 3.74. The van der Waals surface area contributed by atoms with Gasteiger partial charge >= 0.3 is 0 Å². The number of carbonyl (C=O) groups is 1. The lowest BCUT2D eigenvalue weighted by molar-refractivity contribution is -0.388. The van der Waals surface area contributed by atoms with Gasteiger partial charge in [-0.05, 0) is 49.2 Å². The predicted octanol–water partition coefficient (Wildman–Crippen LogP) is 5.43. The number of fused-ring (bicyclic) bond motifs is 2. The molecule has 0 spiro atoms. The number of hydrogen-bond donors (Lipinski definition) is 0. The van der Waals surface area contributed by atoms with Crippen LogP contribution in [-0.2, 0) is 20.2 Å². The molecule has 0 radical (unpaired) electrons. The van der Waals surface area contributed by atoms with Crippen LogP contribution < -0.4 is 4.74 Å². The molecule has 148 valence electrons. The quantitative estimate of drug-likeness (QED) is 0.441. The fourth-order valence-corrected chi connectivity index (χ4v) is 3.74. The zero-order valence-electron chi connectivity index (χ0n) is 17.1. The number of ketones is 1. The molecule has 0 aliphatic heterocycles. The van der Waals surface area contributed by atoms with Gasteiger partial charge in [-0.1, -0.05) is 60.7 Å². The first-order chi connectivity index (χ1) is 13.9. The molecule has 0 amide bonds. The van der Waals surface area contributed by atoms with Crippen LogP contribution >= 0.6 is 0 Å². The fraction of sp³-hybridized carbons (Fsp3) is 0.240. The molecule has 0 N–H and O–H groups in total. The summed E-state index contributed by atoms with van der Waals surface area (Å²) in [4.78, 5) is 25.5. The lowest BCUT2D eigenvalue weighted by Crippen LogP contribution is -2.43. The third-order valence-corrected chi connectivity index (χ3v) is 4.98. The molecule has 4 rings (SSSR count). The van der Waals surface area contributed by atoms with Gasteiger partial charge in [0.2, 0.25) is 5.60 Å². The lowest BCUT2D eigenvalue weighted by atomic mass is 9.75. The molecular formula is C25H24O4. The van der Waals surface area contributed by atoms with E-state index in [1.807, 2.05) is 87.5 Å². The van der Waals surface area contributed by atoms with Crippen LogP contribution in [0.2, 0.25) is 0 Å². The van der Waals surface area contributed by atoms with Crippen molar-refractivity contribution in [2.24, 2.45) is 0 Å². The summed E-state index contributed by atoms with van der Waals surface area (Å²) in [5, 5.41) is 1.87. The normalized spacial score (nSPS) is 18.7. The molecule has 1 aliphatic rings. The number of hydrogen-bond acceptors (Lipinski definition) is 4. The molecule has 3 aromatic rings. The van der Waals surface area contributed by atoms with Gasteiger partial charge in [-0.3, -0.25) is 4.79 Å². The third-order valence-electron chi connectivity index (χ3n) is 4.98. The minimum Gasteiger partial charge on any atom is -0.496 e. The maximum absolute atomic E-state index is 13.6. The predicted molar refractivity (Wildman–Crippen MR) is 114 cm³/mol. The smallest absolute Gasteiger partial charge is 0.220 e. The van der Waals surface area contributed by atoms with E-state index in [1.54, 1.807) is 13.2 Å². The number of rotatable bonds is 4. The van der Waals surface area contributed by atoms with E-state index in [9.17, 15) is 4.79 Å². The van der Waals surface area contributed by atoms with Gasteiger partial charge in [0.1, 0.15) is 5.75 Å². The first-order valence-electron chi connectivity index (χ1n) is 9.62. The summed E-state index contributed by atoms with van der Waals surface area (Å²) in [5.41, 5.74) is 0.182. The van der Waals surface area contributed by atoms with Crippen LogP contribution in [0.4, 0.5) is 0 Å². The van der Waals surface area contributed by atoms with Gasteiger partial charge in [0.25, 0.3) is 0 Å². The summed E-state index contributed by atoms with van der Waals surface area (Å²) in [7, 11) is 1.60. The Balaban J connectivity index is 2.10. The van der Waals surface area contributed by atoms with Crippen LogP contribution in [0.15, 0.2) is 66.7 Å². The molecule has 0 saturated heterocycles. The molecule has 3 aromatic carbocycles. The molecule has 0 bridgehead atoms. The van der Waals surface area contributed by atoms with E-state index in [-0.39, 0.29) is 5.78 Å². The van der Waals surface area contributed by atoms with Crippen molar-refractivity contribution in [3.63, 3.8) is 0 Å². The SMILES string of the molecule is COc1ccc2ccccc2c1C1(OOC(C)(C)C)C(=O)C=Cc2ccccc21. The minimum absolute atomic E-state index is 0.213. The first kappa shape index (κ1) is 19.4. The third kappa shape index (κ3) is 3.24. The highest BCUT2D eigenvalue weighted by Gasteiger charge is 2.50. The summed E-state index contributed by atoms with van der Waals surface area (Å²) < 4.78 is 5.72. The van der Waals surface area contributed by atoms with E-state index < -0.39 is 11.2 Å². The van der Waals surface area contributed by atoms with Crippen molar-refractivity contribution in [2.75, 3.05) is 7.11 Å². The van der Waals surface area contributed by atoms with Crippen molar-refractivity contribution >= 4 is 22.6 Å². The second kappa shape index (κ2) is 7.14. The Kier molecular flexibility index (Phi) is 4.77. The molecule has 0 fully saturated rings. The summed E-state index contributed by atoms with van der Waals surface area (Å²) in [5.74, 6) is 0.356. The van der Waals surface area contributed by atoms with Gasteiger partial charge in [0.15, 0.2) is 5.78 Å². The highest BCUT2D eigenvalue weighted by Crippen LogP contribution is 2.47. The van der Waals surface area contributed by atoms with Crippen LogP contribution in [-0.4, -0.2) is 18.5 Å². The van der Waals surface area contributed by atoms with Crippen LogP contribution in [0.3, 0.4) is 0 Å². The van der Waals surface area contributed by atoms with Crippen molar-refractivity contribution < 1.29 is 19.3 Å². The standard InChI is InChI=1S/C25H24O4/c1-24(2,3)28-29-25(20-12-8-6-10-18(20)14-16-22(25)26)23-19-11-7-5-9-17(19)13-15-21(23)27-4/h5-16H,1-4H3. The van der Waals surface area contributed by atoms with Gasteiger partial charge < -0.3 is 4.74 Å². The number of ether oxygens (including phenoxy) is 1. The van der Waals surface area contributed by atoms with Crippen LogP contribution in [0.1, 0.15) is 37.5 Å². The average molecular weight is 388 g/mol. The largest absolute Gasteiger partial charge is 0.496 e. The number of methoxy groups -OCH3 is 1. The van der Waals surface area contributed by atoms with Crippen molar-refractivity contribution in [1.29, 1.82) is 0 Å². The van der Waals surface area contributed by atoms with Crippen LogP contribution in [0.25, 0.3) is 16.8 Å². The first-order valence-corrected chi connectivity index (χ1v) is 9.62. The average Bonchev–Trinajstić information content (AvgIpc) is 2.72. The number of benzene rings is 3. The Morgan fingerprint density at radius 3 is 2.34 bits per heavy atom. The molecule has 1 aliphatic carbocycles. The van der Waals surface area contributed by atoms with E-state index in [2.05, 4.69) is 0 Å². The highest BCUT2D eigenvalue weighted by atomic mass is 17.2. The summed E-state index contributed by atoms with van der Waals surface area (Å²) in [6.45, 7) is 5.65. The van der Waals surface area contributed by atoms with Crippen LogP contribution in [0.5, 0.6) is 5.75 Å². The van der Waals surface area contributed by atoms with Gasteiger partial charge in [0, 0.05) is 11.1 Å². The van der Waals surface area contributed by atoms with Crippen molar-refractivity contribution in [1.82, 2.24) is 0 Å². The van der Waals surface area contributed by atoms with Crippen molar-refractivity contribution in [2.45, 2.75) is 32.0 Å². The molecule has 1 unspecified atom stereocenters. The number of carbonyl (C=O) groups excluding carboxylic acids is 1. The van der Waals surface area contributed by atoms with E-state index in [0.29, 0.717) is 11.3 Å². The van der Waals surface area contributed by atoms with Gasteiger partial charge in [-0.25, -0.2) is 9.78 Å². The summed E-state index contributed by atoms with van der Waals surface area (Å²) >= 11 is 0. The van der Waals surface area contributed by atoms with Crippen molar-refractivity contribution in [3.05, 3.63) is 83.4 Å². The maximum atomic E-state index is 13.6. The molecule has 0 heterocycles. The van der Waals surface area contributed by atoms with Gasteiger partial charge in [-0.2, -0.15) is 0 Å². The zero-order valence-corrected chi connectivity index (χ0v) is 17.1. The van der Waals surface area contributed by atoms with E-state index in [0.717, 1.165) is 21.9 Å². The Morgan fingerprint density at radius 1 is 0.862 bits per heavy atom. The molecule has 4 nitrogen and oxygen atoms in total. The Hall–Kier alpha value is -2.95. The summed E-state index contributed by atoms with van der Waals surface area (Å²) in [6.07, 6.45) is 3.36. The van der Waals surface area contributed by atoms with E-state index >= 15 is 0 Å². The highest BCUT2D eigenvalue weighted by molar-refractivity contribution is 6.09. The Labute approximate surface area is 170 Å². The molecule has 29 heavy (non-hydrogen) atoms. The molecule has 4 heteroatoms. The second-order valence-electron chi connectivity index (χ2n) is 8.11. The monoisotopic (exact) mass is 388 g/mol. The molecule has 0 saturated carbocycles. The van der Waals surface area contributed by atoms with Crippen LogP contribution in [0, 0.1) is 0 Å². The molecule has 0 aromatic heterocycles. The van der Waals surface area contributed by atoms with Crippen molar-refractivity contribution in [3.8, 4) is 5.75 Å². The van der Waals surface area contributed by atoms with E-state index in [1.165, 1.54) is 0 Å². The maximum Gasteiger partial charge on any atom is 0.220 e. The lowest BCUT2D eigenvalue weighted by Gasteiger charge is -2.37. The van der Waals surface area contributed by atoms with E-state index in [4.69, 9.17) is 14.5 Å². The molecular weight excluding hydrogens is 364 g/mol.